The average Bonchev–Trinajstić information content (AvgIpc) is 2.65. The van der Waals surface area contributed by atoms with Crippen LogP contribution in [0, 0.1) is 13.8 Å². The number of hydrogen-bond acceptors (Lipinski definition) is 3. The summed E-state index contributed by atoms with van der Waals surface area (Å²) >= 11 is 0. The SMILES string of the molecule is COc1ccccc1NC(=O)[C@H](C)[NH+](C)CC(=O)Nc1cccc(C)c1C. The Kier molecular flexibility index (Phi) is 6.96. The summed E-state index contributed by atoms with van der Waals surface area (Å²) in [6.07, 6.45) is 0. The molecule has 0 aliphatic rings. The maximum Gasteiger partial charge on any atom is 0.282 e. The number of quaternary nitrogens is 1. The fraction of sp³-hybridized carbons (Fsp3) is 0.333. The van der Waals surface area contributed by atoms with Crippen molar-refractivity contribution in [2.24, 2.45) is 0 Å². The molecule has 3 N–H and O–H groups in total. The van der Waals surface area contributed by atoms with Crippen LogP contribution in [-0.2, 0) is 9.59 Å². The first-order chi connectivity index (χ1) is 12.8. The molecule has 2 amide bonds. The molecular weight excluding hydrogens is 342 g/mol. The number of methoxy groups -OCH3 is 1. The Labute approximate surface area is 160 Å². The van der Waals surface area contributed by atoms with Crippen molar-refractivity contribution in [2.75, 3.05) is 31.3 Å². The maximum atomic E-state index is 12.5. The average molecular weight is 370 g/mol. The molecule has 6 heteroatoms. The van der Waals surface area contributed by atoms with Gasteiger partial charge in [-0.3, -0.25) is 9.59 Å². The van der Waals surface area contributed by atoms with Gasteiger partial charge in [0.15, 0.2) is 12.6 Å². The van der Waals surface area contributed by atoms with Gasteiger partial charge in [0.1, 0.15) is 5.75 Å². The third kappa shape index (κ3) is 5.31. The smallest absolute Gasteiger partial charge is 0.282 e. The molecule has 0 saturated heterocycles. The highest BCUT2D eigenvalue weighted by Crippen LogP contribution is 2.23. The molecule has 0 heterocycles. The molecule has 144 valence electrons. The number of carbonyl (C=O) groups is 2. The molecule has 0 aliphatic heterocycles. The molecule has 2 aromatic carbocycles. The largest absolute Gasteiger partial charge is 0.495 e. The third-order valence-electron chi connectivity index (χ3n) is 4.82. The van der Waals surface area contributed by atoms with Gasteiger partial charge in [0, 0.05) is 5.69 Å². The lowest BCUT2D eigenvalue weighted by molar-refractivity contribution is -0.885. The zero-order valence-electron chi connectivity index (χ0n) is 16.6. The molecule has 0 aromatic heterocycles. The van der Waals surface area contributed by atoms with E-state index in [1.54, 1.807) is 26.2 Å². The first-order valence-electron chi connectivity index (χ1n) is 8.95. The lowest BCUT2D eigenvalue weighted by Crippen LogP contribution is -3.14. The van der Waals surface area contributed by atoms with Crippen LogP contribution in [0.4, 0.5) is 11.4 Å². The van der Waals surface area contributed by atoms with Crippen LogP contribution >= 0.6 is 0 Å². The molecule has 0 saturated carbocycles. The lowest BCUT2D eigenvalue weighted by Gasteiger charge is -2.21. The van der Waals surface area contributed by atoms with Gasteiger partial charge in [0.2, 0.25) is 0 Å². The quantitative estimate of drug-likeness (QED) is 0.696. The maximum absolute atomic E-state index is 12.5. The van der Waals surface area contributed by atoms with Gasteiger partial charge >= 0.3 is 0 Å². The fourth-order valence-electron chi connectivity index (χ4n) is 2.70. The second-order valence-electron chi connectivity index (χ2n) is 6.73. The van der Waals surface area contributed by atoms with E-state index in [0.29, 0.717) is 11.4 Å². The van der Waals surface area contributed by atoms with Gasteiger partial charge in [-0.15, -0.1) is 0 Å². The molecule has 6 nitrogen and oxygen atoms in total. The number of rotatable bonds is 7. The molecule has 0 fully saturated rings. The first-order valence-corrected chi connectivity index (χ1v) is 8.95. The monoisotopic (exact) mass is 370 g/mol. The number of carbonyl (C=O) groups excluding carboxylic acids is 2. The van der Waals surface area contributed by atoms with Crippen LogP contribution in [0.2, 0.25) is 0 Å². The zero-order valence-corrected chi connectivity index (χ0v) is 16.6. The number of anilines is 2. The molecule has 2 aromatic rings. The molecule has 27 heavy (non-hydrogen) atoms. The van der Waals surface area contributed by atoms with Crippen LogP contribution in [0.3, 0.4) is 0 Å². The first kappa shape index (κ1) is 20.5. The van der Waals surface area contributed by atoms with Crippen molar-refractivity contribution in [3.8, 4) is 5.75 Å². The predicted molar refractivity (Wildman–Crippen MR) is 107 cm³/mol. The van der Waals surface area contributed by atoms with Gasteiger partial charge in [0.25, 0.3) is 11.8 Å². The lowest BCUT2D eigenvalue weighted by atomic mass is 10.1. The Balaban J connectivity index is 1.95. The Morgan fingerprint density at radius 3 is 2.41 bits per heavy atom. The number of aryl methyl sites for hydroxylation is 1. The van der Waals surface area contributed by atoms with E-state index in [2.05, 4.69) is 10.6 Å². The third-order valence-corrected chi connectivity index (χ3v) is 4.82. The minimum atomic E-state index is -0.403. The van der Waals surface area contributed by atoms with Crippen molar-refractivity contribution in [3.05, 3.63) is 53.6 Å². The summed E-state index contributed by atoms with van der Waals surface area (Å²) in [5.74, 6) is 0.304. The molecule has 2 atom stereocenters. The van der Waals surface area contributed by atoms with Gasteiger partial charge in [-0.05, 0) is 50.1 Å². The van der Waals surface area contributed by atoms with E-state index < -0.39 is 6.04 Å². The van der Waals surface area contributed by atoms with Crippen molar-refractivity contribution in [1.29, 1.82) is 0 Å². The van der Waals surface area contributed by atoms with E-state index >= 15 is 0 Å². The highest BCUT2D eigenvalue weighted by molar-refractivity contribution is 5.95. The normalized spacial score (nSPS) is 12.8. The number of nitrogens with one attached hydrogen (secondary N) is 3. The Morgan fingerprint density at radius 2 is 1.70 bits per heavy atom. The molecule has 0 bridgehead atoms. The Morgan fingerprint density at radius 1 is 1.04 bits per heavy atom. The number of ether oxygens (including phenoxy) is 1. The van der Waals surface area contributed by atoms with Crippen LogP contribution in [0.5, 0.6) is 5.75 Å². The van der Waals surface area contributed by atoms with Crippen LogP contribution < -0.4 is 20.3 Å². The Bertz CT molecular complexity index is 820. The van der Waals surface area contributed by atoms with Gasteiger partial charge in [-0.2, -0.15) is 0 Å². The van der Waals surface area contributed by atoms with Gasteiger partial charge in [-0.1, -0.05) is 24.3 Å². The second-order valence-corrected chi connectivity index (χ2v) is 6.73. The van der Waals surface area contributed by atoms with Crippen molar-refractivity contribution in [1.82, 2.24) is 0 Å². The number of amides is 2. The fourth-order valence-corrected chi connectivity index (χ4v) is 2.70. The standard InChI is InChI=1S/C21H27N3O3/c1-14-9-8-11-17(15(14)2)22-20(25)13-24(4)16(3)21(26)23-18-10-6-7-12-19(18)27-5/h6-12,16H,13H2,1-5H3,(H,22,25)(H,23,26)/p+1/t16-/m0/s1. The van der Waals surface area contributed by atoms with Crippen LogP contribution in [0.15, 0.2) is 42.5 Å². The highest BCUT2D eigenvalue weighted by atomic mass is 16.5. The summed E-state index contributed by atoms with van der Waals surface area (Å²) in [6.45, 7) is 5.97. The van der Waals surface area contributed by atoms with E-state index in [-0.39, 0.29) is 18.4 Å². The minimum Gasteiger partial charge on any atom is -0.495 e. The summed E-state index contributed by atoms with van der Waals surface area (Å²) in [6, 6.07) is 12.6. The van der Waals surface area contributed by atoms with Crippen LogP contribution in [-0.4, -0.2) is 38.6 Å². The number of benzene rings is 2. The van der Waals surface area contributed by atoms with E-state index in [9.17, 15) is 9.59 Å². The Hall–Kier alpha value is -2.86. The van der Waals surface area contributed by atoms with Crippen molar-refractivity contribution < 1.29 is 19.2 Å². The zero-order chi connectivity index (χ0) is 20.0. The summed E-state index contributed by atoms with van der Waals surface area (Å²) in [5.41, 5.74) is 3.59. The van der Waals surface area contributed by atoms with Crippen molar-refractivity contribution >= 4 is 23.2 Å². The molecule has 1 unspecified atom stereocenters. The molecule has 0 radical (unpaired) electrons. The topological polar surface area (TPSA) is 71.9 Å². The van der Waals surface area contributed by atoms with Crippen LogP contribution in [0.25, 0.3) is 0 Å². The summed E-state index contributed by atoms with van der Waals surface area (Å²) < 4.78 is 5.25. The minimum absolute atomic E-state index is 0.127. The molecule has 2 rings (SSSR count). The molecular formula is C21H28N3O3+. The highest BCUT2D eigenvalue weighted by Gasteiger charge is 2.25. The number of hydrogen-bond donors (Lipinski definition) is 3. The van der Waals surface area contributed by atoms with Gasteiger partial charge in [-0.25, -0.2) is 0 Å². The summed E-state index contributed by atoms with van der Waals surface area (Å²) in [5, 5.41) is 5.80. The molecule has 0 aliphatic carbocycles. The van der Waals surface area contributed by atoms with Crippen molar-refractivity contribution in [3.63, 3.8) is 0 Å². The van der Waals surface area contributed by atoms with Crippen LogP contribution in [0.1, 0.15) is 18.1 Å². The second kappa shape index (κ2) is 9.19. The van der Waals surface area contributed by atoms with Gasteiger partial charge in [0.05, 0.1) is 19.8 Å². The summed E-state index contributed by atoms with van der Waals surface area (Å²) in [4.78, 5) is 25.7. The van der Waals surface area contributed by atoms with E-state index in [4.69, 9.17) is 4.74 Å². The van der Waals surface area contributed by atoms with E-state index in [0.717, 1.165) is 21.7 Å². The predicted octanol–water partition coefficient (Wildman–Crippen LogP) is 1.79. The molecule has 0 spiro atoms. The van der Waals surface area contributed by atoms with E-state index in [1.165, 1.54) is 0 Å². The summed E-state index contributed by atoms with van der Waals surface area (Å²) in [7, 11) is 3.39. The van der Waals surface area contributed by atoms with E-state index in [1.807, 2.05) is 51.2 Å². The van der Waals surface area contributed by atoms with Gasteiger partial charge < -0.3 is 20.3 Å². The van der Waals surface area contributed by atoms with Crippen molar-refractivity contribution in [2.45, 2.75) is 26.8 Å². The number of likely N-dealkylation sites (N-methyl/N-ethyl adjacent to an activating group) is 1. The number of para-hydroxylation sites is 2.